The second-order valence-electron chi connectivity index (χ2n) is 6.87. The van der Waals surface area contributed by atoms with Crippen LogP contribution in [0.1, 0.15) is 59.3 Å². The maximum atomic E-state index is 9.40. The van der Waals surface area contributed by atoms with E-state index in [4.69, 9.17) is 0 Å². The summed E-state index contributed by atoms with van der Waals surface area (Å²) in [6.45, 7) is 8.17. The molecule has 0 N–H and O–H groups in total. The predicted molar refractivity (Wildman–Crippen MR) is 75.1 cm³/mol. The maximum absolute atomic E-state index is 9.40. The molecule has 2 aliphatic carbocycles. The van der Waals surface area contributed by atoms with E-state index >= 15 is 0 Å². The summed E-state index contributed by atoms with van der Waals surface area (Å²) in [5.41, 5.74) is 0. The second kappa shape index (κ2) is 6.06. The van der Waals surface area contributed by atoms with Gasteiger partial charge in [-0.2, -0.15) is 5.26 Å². The van der Waals surface area contributed by atoms with Crippen molar-refractivity contribution >= 4 is 0 Å². The summed E-state index contributed by atoms with van der Waals surface area (Å²) in [5.74, 6) is 1.86. The molecule has 2 saturated carbocycles. The van der Waals surface area contributed by atoms with Gasteiger partial charge in [-0.25, -0.2) is 0 Å². The molecule has 102 valence electrons. The number of nitriles is 1. The van der Waals surface area contributed by atoms with Crippen molar-refractivity contribution in [2.24, 2.45) is 17.8 Å². The van der Waals surface area contributed by atoms with E-state index in [-0.39, 0.29) is 5.92 Å². The van der Waals surface area contributed by atoms with Crippen LogP contribution >= 0.6 is 0 Å². The first-order valence-electron chi connectivity index (χ1n) is 7.77. The van der Waals surface area contributed by atoms with Crippen molar-refractivity contribution in [2.75, 3.05) is 6.54 Å². The lowest BCUT2D eigenvalue weighted by atomic mass is 9.78. The lowest BCUT2D eigenvalue weighted by Gasteiger charge is -2.40. The quantitative estimate of drug-likeness (QED) is 0.739. The highest BCUT2D eigenvalue weighted by Crippen LogP contribution is 2.38. The minimum absolute atomic E-state index is 0.286. The molecule has 18 heavy (non-hydrogen) atoms. The third-order valence-corrected chi connectivity index (χ3v) is 4.65. The Labute approximate surface area is 112 Å². The van der Waals surface area contributed by atoms with E-state index in [0.29, 0.717) is 6.04 Å². The molecule has 3 atom stereocenters. The molecule has 0 aromatic carbocycles. The fraction of sp³-hybridized carbons (Fsp3) is 0.938. The zero-order valence-electron chi connectivity index (χ0n) is 12.2. The topological polar surface area (TPSA) is 27.0 Å². The minimum atomic E-state index is 0.286. The largest absolute Gasteiger partial charge is 0.296 e. The highest BCUT2D eigenvalue weighted by atomic mass is 15.2. The SMILES string of the molecule is CC(C)CCN(C1CC1)C1CC(C)CCC1C#N. The van der Waals surface area contributed by atoms with Crippen LogP contribution in [0.5, 0.6) is 0 Å². The molecule has 0 aliphatic heterocycles. The fourth-order valence-electron chi connectivity index (χ4n) is 3.30. The first kappa shape index (κ1) is 13.9. The van der Waals surface area contributed by atoms with Crippen molar-refractivity contribution < 1.29 is 0 Å². The lowest BCUT2D eigenvalue weighted by molar-refractivity contribution is 0.0931. The Balaban J connectivity index is 2.00. The Hall–Kier alpha value is -0.550. The van der Waals surface area contributed by atoms with Crippen LogP contribution in [0.3, 0.4) is 0 Å². The van der Waals surface area contributed by atoms with Crippen LogP contribution in [-0.4, -0.2) is 23.5 Å². The Morgan fingerprint density at radius 2 is 1.94 bits per heavy atom. The summed E-state index contributed by atoms with van der Waals surface area (Å²) < 4.78 is 0. The summed E-state index contributed by atoms with van der Waals surface area (Å²) in [6.07, 6.45) is 7.61. The van der Waals surface area contributed by atoms with Crippen LogP contribution in [0.2, 0.25) is 0 Å². The van der Waals surface area contributed by atoms with E-state index in [1.807, 2.05) is 0 Å². The summed E-state index contributed by atoms with van der Waals surface area (Å²) >= 11 is 0. The molecule has 0 saturated heterocycles. The standard InChI is InChI=1S/C16H28N2/c1-12(2)8-9-18(15-6-7-15)16-10-13(3)4-5-14(16)11-17/h12-16H,4-10H2,1-3H3. The van der Waals surface area contributed by atoms with Crippen molar-refractivity contribution in [3.63, 3.8) is 0 Å². The molecule has 0 radical (unpaired) electrons. The highest BCUT2D eigenvalue weighted by Gasteiger charge is 2.39. The molecule has 2 rings (SSSR count). The Morgan fingerprint density at radius 3 is 2.50 bits per heavy atom. The molecule has 2 aliphatic rings. The molecule has 2 nitrogen and oxygen atoms in total. The van der Waals surface area contributed by atoms with Crippen molar-refractivity contribution in [3.05, 3.63) is 0 Å². The number of hydrogen-bond donors (Lipinski definition) is 0. The summed E-state index contributed by atoms with van der Waals surface area (Å²) in [4.78, 5) is 2.70. The Morgan fingerprint density at radius 1 is 1.22 bits per heavy atom. The van der Waals surface area contributed by atoms with Crippen molar-refractivity contribution in [2.45, 2.75) is 71.4 Å². The monoisotopic (exact) mass is 248 g/mol. The van der Waals surface area contributed by atoms with Crippen LogP contribution in [0.4, 0.5) is 0 Å². The van der Waals surface area contributed by atoms with Gasteiger partial charge >= 0.3 is 0 Å². The molecule has 0 amide bonds. The van der Waals surface area contributed by atoms with E-state index in [2.05, 4.69) is 31.7 Å². The molecular weight excluding hydrogens is 220 g/mol. The molecular formula is C16H28N2. The fourth-order valence-corrected chi connectivity index (χ4v) is 3.30. The zero-order valence-corrected chi connectivity index (χ0v) is 12.2. The van der Waals surface area contributed by atoms with Gasteiger partial charge in [0.25, 0.3) is 0 Å². The van der Waals surface area contributed by atoms with Crippen molar-refractivity contribution in [1.82, 2.24) is 4.90 Å². The van der Waals surface area contributed by atoms with Crippen LogP contribution < -0.4 is 0 Å². The Bertz CT molecular complexity index is 301. The van der Waals surface area contributed by atoms with Gasteiger partial charge in [0.05, 0.1) is 12.0 Å². The van der Waals surface area contributed by atoms with Crippen LogP contribution in [-0.2, 0) is 0 Å². The molecule has 2 fully saturated rings. The van der Waals surface area contributed by atoms with E-state index in [9.17, 15) is 5.26 Å². The average molecular weight is 248 g/mol. The normalized spacial score (nSPS) is 32.8. The number of rotatable bonds is 5. The predicted octanol–water partition coefficient (Wildman–Crippen LogP) is 3.83. The summed E-state index contributed by atoms with van der Waals surface area (Å²) in [7, 11) is 0. The third kappa shape index (κ3) is 3.48. The maximum Gasteiger partial charge on any atom is 0.0672 e. The van der Waals surface area contributed by atoms with Gasteiger partial charge in [0.15, 0.2) is 0 Å². The van der Waals surface area contributed by atoms with Gasteiger partial charge in [0, 0.05) is 12.1 Å². The van der Waals surface area contributed by atoms with Gasteiger partial charge in [-0.1, -0.05) is 20.8 Å². The summed E-state index contributed by atoms with van der Waals surface area (Å²) in [5, 5.41) is 9.40. The number of nitrogens with zero attached hydrogens (tertiary/aromatic N) is 2. The molecule has 2 heteroatoms. The minimum Gasteiger partial charge on any atom is -0.296 e. The van der Waals surface area contributed by atoms with Gasteiger partial charge in [0.1, 0.15) is 0 Å². The van der Waals surface area contributed by atoms with Crippen molar-refractivity contribution in [3.8, 4) is 6.07 Å². The zero-order chi connectivity index (χ0) is 13.1. The van der Waals surface area contributed by atoms with E-state index in [1.165, 1.54) is 38.6 Å². The summed E-state index contributed by atoms with van der Waals surface area (Å²) in [6, 6.07) is 3.93. The van der Waals surface area contributed by atoms with Gasteiger partial charge in [-0.15, -0.1) is 0 Å². The first-order chi connectivity index (χ1) is 8.61. The molecule has 0 aromatic heterocycles. The molecule has 0 heterocycles. The molecule has 0 aromatic rings. The molecule has 0 spiro atoms. The van der Waals surface area contributed by atoms with Gasteiger partial charge in [-0.3, -0.25) is 4.90 Å². The second-order valence-corrected chi connectivity index (χ2v) is 6.87. The van der Waals surface area contributed by atoms with Crippen LogP contribution in [0, 0.1) is 29.1 Å². The number of hydrogen-bond acceptors (Lipinski definition) is 2. The van der Waals surface area contributed by atoms with Gasteiger partial charge < -0.3 is 0 Å². The molecule has 0 bridgehead atoms. The third-order valence-electron chi connectivity index (χ3n) is 4.65. The Kier molecular flexibility index (Phi) is 4.67. The molecule has 3 unspecified atom stereocenters. The average Bonchev–Trinajstić information content (AvgIpc) is 3.14. The van der Waals surface area contributed by atoms with E-state index < -0.39 is 0 Å². The van der Waals surface area contributed by atoms with Gasteiger partial charge in [0.2, 0.25) is 0 Å². The first-order valence-corrected chi connectivity index (χ1v) is 7.77. The van der Waals surface area contributed by atoms with Gasteiger partial charge in [-0.05, 0) is 56.9 Å². The van der Waals surface area contributed by atoms with E-state index in [1.54, 1.807) is 0 Å². The van der Waals surface area contributed by atoms with Crippen LogP contribution in [0.15, 0.2) is 0 Å². The highest BCUT2D eigenvalue weighted by molar-refractivity contribution is 5.00. The smallest absolute Gasteiger partial charge is 0.0672 e. The van der Waals surface area contributed by atoms with Crippen molar-refractivity contribution in [1.29, 1.82) is 5.26 Å². The lowest BCUT2D eigenvalue weighted by Crippen LogP contribution is -2.45. The van der Waals surface area contributed by atoms with Crippen LogP contribution in [0.25, 0.3) is 0 Å². The van der Waals surface area contributed by atoms with E-state index in [0.717, 1.165) is 24.3 Å².